The summed E-state index contributed by atoms with van der Waals surface area (Å²) < 4.78 is 0. The van der Waals surface area contributed by atoms with Gasteiger partial charge < -0.3 is 10.3 Å². The molecular weight excluding hydrogens is 360 g/mol. The zero-order valence-electron chi connectivity index (χ0n) is 15.2. The number of fused-ring (bicyclic) bond motifs is 1. The van der Waals surface area contributed by atoms with E-state index in [1.165, 1.54) is 43.4 Å². The number of hydrogen-bond acceptors (Lipinski definition) is 5. The molecule has 0 saturated heterocycles. The first-order chi connectivity index (χ1) is 13.3. The number of carbonyl (C=O) groups is 1. The minimum atomic E-state index is -0.231. The molecule has 3 N–H and O–H groups in total. The number of imidazole rings is 1. The molecule has 142 valence electrons. The highest BCUT2D eigenvalue weighted by molar-refractivity contribution is 7.15. The van der Waals surface area contributed by atoms with Crippen molar-refractivity contribution in [2.24, 2.45) is 0 Å². The second-order valence-corrected chi connectivity index (χ2v) is 7.97. The van der Waals surface area contributed by atoms with Crippen LogP contribution in [0.3, 0.4) is 0 Å². The molecule has 0 aliphatic heterocycles. The smallest absolute Gasteiger partial charge is 0.321 e. The molecule has 0 spiro atoms. The van der Waals surface area contributed by atoms with Crippen molar-refractivity contribution in [1.82, 2.24) is 25.5 Å². The molecule has 2 amide bonds. The van der Waals surface area contributed by atoms with E-state index in [2.05, 4.69) is 30.8 Å². The third kappa shape index (κ3) is 4.63. The Morgan fingerprint density at radius 2 is 2.04 bits per heavy atom. The van der Waals surface area contributed by atoms with Crippen molar-refractivity contribution in [1.29, 1.82) is 0 Å². The van der Waals surface area contributed by atoms with Gasteiger partial charge in [0, 0.05) is 18.9 Å². The maximum atomic E-state index is 12.0. The molecule has 4 rings (SSSR count). The standard InChI is InChI=1S/C19H24N6OS/c26-18(23-19-25-24-17(27-19)13-7-2-1-3-8-13)20-12-6-11-16-21-14-9-4-5-10-15(14)22-16/h4-5,9-10,13H,1-3,6-8,11-12H2,(H,21,22)(H2,20,23,25,26). The number of nitrogens with one attached hydrogen (secondary N) is 3. The van der Waals surface area contributed by atoms with Crippen LogP contribution in [-0.2, 0) is 6.42 Å². The summed E-state index contributed by atoms with van der Waals surface area (Å²) in [6.07, 6.45) is 7.82. The number of carbonyl (C=O) groups excluding carboxylic acids is 1. The molecule has 1 aromatic carbocycles. The normalized spacial score (nSPS) is 15.1. The van der Waals surface area contributed by atoms with Crippen LogP contribution in [0.15, 0.2) is 24.3 Å². The number of urea groups is 1. The van der Waals surface area contributed by atoms with Gasteiger partial charge in [-0.15, -0.1) is 10.2 Å². The number of rotatable bonds is 6. The van der Waals surface area contributed by atoms with E-state index in [4.69, 9.17) is 0 Å². The van der Waals surface area contributed by atoms with Gasteiger partial charge in [-0.25, -0.2) is 9.78 Å². The molecule has 2 heterocycles. The topological polar surface area (TPSA) is 95.6 Å². The monoisotopic (exact) mass is 384 g/mol. The fourth-order valence-corrected chi connectivity index (χ4v) is 4.43. The van der Waals surface area contributed by atoms with E-state index in [9.17, 15) is 4.79 Å². The highest BCUT2D eigenvalue weighted by atomic mass is 32.1. The van der Waals surface area contributed by atoms with Gasteiger partial charge in [-0.1, -0.05) is 42.7 Å². The van der Waals surface area contributed by atoms with Crippen LogP contribution in [-0.4, -0.2) is 32.7 Å². The molecule has 0 unspecified atom stereocenters. The molecule has 2 aromatic heterocycles. The number of nitrogens with zero attached hydrogens (tertiary/aromatic N) is 3. The highest BCUT2D eigenvalue weighted by Crippen LogP contribution is 2.35. The van der Waals surface area contributed by atoms with Gasteiger partial charge in [-0.2, -0.15) is 0 Å². The molecule has 0 bridgehead atoms. The highest BCUT2D eigenvalue weighted by Gasteiger charge is 2.20. The Morgan fingerprint density at radius 3 is 2.89 bits per heavy atom. The summed E-state index contributed by atoms with van der Waals surface area (Å²) in [6.45, 7) is 0.581. The number of aryl methyl sites for hydroxylation is 1. The second kappa shape index (κ2) is 8.47. The molecule has 8 heteroatoms. The molecule has 27 heavy (non-hydrogen) atoms. The van der Waals surface area contributed by atoms with Gasteiger partial charge in [0.25, 0.3) is 0 Å². The molecule has 7 nitrogen and oxygen atoms in total. The van der Waals surface area contributed by atoms with Crippen molar-refractivity contribution in [3.05, 3.63) is 35.1 Å². The maximum absolute atomic E-state index is 12.0. The molecule has 3 aromatic rings. The van der Waals surface area contributed by atoms with Gasteiger partial charge in [-0.05, 0) is 31.4 Å². The molecular formula is C19H24N6OS. The fraction of sp³-hybridized carbons (Fsp3) is 0.474. The van der Waals surface area contributed by atoms with Gasteiger partial charge in [0.15, 0.2) is 0 Å². The molecule has 1 aliphatic carbocycles. The Labute approximate surface area is 162 Å². The molecule has 1 saturated carbocycles. The lowest BCUT2D eigenvalue weighted by Gasteiger charge is -2.18. The number of hydrogen-bond donors (Lipinski definition) is 3. The molecule has 1 aliphatic rings. The molecule has 1 fully saturated rings. The predicted octanol–water partition coefficient (Wildman–Crippen LogP) is 4.22. The van der Waals surface area contributed by atoms with Crippen LogP contribution in [0.4, 0.5) is 9.93 Å². The third-order valence-electron chi connectivity index (χ3n) is 4.93. The number of anilines is 1. The number of aromatic nitrogens is 4. The zero-order chi connectivity index (χ0) is 18.5. The molecule has 0 atom stereocenters. The Morgan fingerprint density at radius 1 is 1.19 bits per heavy atom. The number of benzene rings is 1. The fourth-order valence-electron chi connectivity index (χ4n) is 3.52. The first-order valence-corrected chi connectivity index (χ1v) is 10.4. The average Bonchev–Trinajstić information content (AvgIpc) is 3.32. The number of para-hydroxylation sites is 2. The van der Waals surface area contributed by atoms with Crippen molar-refractivity contribution in [3.63, 3.8) is 0 Å². The maximum Gasteiger partial charge on any atom is 0.321 e. The van der Waals surface area contributed by atoms with Crippen LogP contribution >= 0.6 is 11.3 Å². The number of H-pyrrole nitrogens is 1. The number of amides is 2. The first-order valence-electron chi connectivity index (χ1n) is 9.60. The quantitative estimate of drug-likeness (QED) is 0.555. The second-order valence-electron chi connectivity index (χ2n) is 6.97. The summed E-state index contributed by atoms with van der Waals surface area (Å²) in [7, 11) is 0. The van der Waals surface area contributed by atoms with E-state index < -0.39 is 0 Å². The minimum absolute atomic E-state index is 0.231. The SMILES string of the molecule is O=C(NCCCc1nc2ccccc2[nH]1)Nc1nnc(C2CCCCC2)s1. The Bertz CT molecular complexity index is 865. The summed E-state index contributed by atoms with van der Waals surface area (Å²) in [4.78, 5) is 19.9. The van der Waals surface area contributed by atoms with Gasteiger partial charge >= 0.3 is 6.03 Å². The average molecular weight is 385 g/mol. The Kier molecular flexibility index (Phi) is 5.62. The Balaban J connectivity index is 1.20. The zero-order valence-corrected chi connectivity index (χ0v) is 16.0. The first kappa shape index (κ1) is 17.9. The summed E-state index contributed by atoms with van der Waals surface area (Å²) >= 11 is 1.50. The predicted molar refractivity (Wildman–Crippen MR) is 107 cm³/mol. The lowest BCUT2D eigenvalue weighted by molar-refractivity contribution is 0.252. The lowest BCUT2D eigenvalue weighted by Crippen LogP contribution is -2.29. The number of aromatic amines is 1. The van der Waals surface area contributed by atoms with Gasteiger partial charge in [0.1, 0.15) is 10.8 Å². The summed E-state index contributed by atoms with van der Waals surface area (Å²) in [5.74, 6) is 1.46. The van der Waals surface area contributed by atoms with Crippen LogP contribution < -0.4 is 10.6 Å². The van der Waals surface area contributed by atoms with Gasteiger partial charge in [0.2, 0.25) is 5.13 Å². The van der Waals surface area contributed by atoms with E-state index >= 15 is 0 Å². The van der Waals surface area contributed by atoms with E-state index in [-0.39, 0.29) is 6.03 Å². The van der Waals surface area contributed by atoms with Crippen LogP contribution in [0, 0.1) is 0 Å². The van der Waals surface area contributed by atoms with Gasteiger partial charge in [0.05, 0.1) is 11.0 Å². The van der Waals surface area contributed by atoms with Crippen molar-refractivity contribution in [2.75, 3.05) is 11.9 Å². The van der Waals surface area contributed by atoms with Crippen molar-refractivity contribution in [3.8, 4) is 0 Å². The van der Waals surface area contributed by atoms with E-state index in [1.807, 2.05) is 24.3 Å². The van der Waals surface area contributed by atoms with E-state index in [0.717, 1.165) is 34.7 Å². The lowest BCUT2D eigenvalue weighted by atomic mass is 9.90. The van der Waals surface area contributed by atoms with Crippen LogP contribution in [0.1, 0.15) is 55.3 Å². The van der Waals surface area contributed by atoms with E-state index in [0.29, 0.717) is 17.6 Å². The largest absolute Gasteiger partial charge is 0.342 e. The summed E-state index contributed by atoms with van der Waals surface area (Å²) in [6, 6.07) is 7.74. The summed E-state index contributed by atoms with van der Waals surface area (Å²) in [5.41, 5.74) is 2.02. The Hall–Kier alpha value is -2.48. The van der Waals surface area contributed by atoms with Gasteiger partial charge in [-0.3, -0.25) is 5.32 Å². The van der Waals surface area contributed by atoms with E-state index in [1.54, 1.807) is 0 Å². The minimum Gasteiger partial charge on any atom is -0.342 e. The van der Waals surface area contributed by atoms with Crippen LogP contribution in [0.5, 0.6) is 0 Å². The van der Waals surface area contributed by atoms with Crippen molar-refractivity contribution < 1.29 is 4.79 Å². The third-order valence-corrected chi connectivity index (χ3v) is 5.93. The van der Waals surface area contributed by atoms with Crippen LogP contribution in [0.2, 0.25) is 0 Å². The van der Waals surface area contributed by atoms with Crippen molar-refractivity contribution in [2.45, 2.75) is 50.9 Å². The summed E-state index contributed by atoms with van der Waals surface area (Å²) in [5, 5.41) is 15.7. The molecule has 0 radical (unpaired) electrons. The van der Waals surface area contributed by atoms with Crippen molar-refractivity contribution >= 4 is 33.5 Å². The van der Waals surface area contributed by atoms with Crippen LogP contribution in [0.25, 0.3) is 11.0 Å².